The summed E-state index contributed by atoms with van der Waals surface area (Å²) in [7, 11) is 1.50. The van der Waals surface area contributed by atoms with E-state index in [0.717, 1.165) is 12.8 Å². The normalized spacial score (nSPS) is 12.6. The SMILES string of the molecule is CCC(N)CCNC(=O)COC. The molecule has 4 heteroatoms. The van der Waals surface area contributed by atoms with Gasteiger partial charge in [0.25, 0.3) is 0 Å². The molecule has 0 aliphatic heterocycles. The summed E-state index contributed by atoms with van der Waals surface area (Å²) >= 11 is 0. The van der Waals surface area contributed by atoms with Crippen molar-refractivity contribution in [1.82, 2.24) is 5.32 Å². The molecule has 0 aromatic carbocycles. The fourth-order valence-corrected chi connectivity index (χ4v) is 0.783. The molecule has 1 unspecified atom stereocenters. The van der Waals surface area contributed by atoms with Crippen LogP contribution in [0.1, 0.15) is 19.8 Å². The fraction of sp³-hybridized carbons (Fsp3) is 0.875. The van der Waals surface area contributed by atoms with E-state index in [1.165, 1.54) is 7.11 Å². The summed E-state index contributed by atoms with van der Waals surface area (Å²) in [5, 5.41) is 2.70. The van der Waals surface area contributed by atoms with Crippen LogP contribution in [0, 0.1) is 0 Å². The monoisotopic (exact) mass is 174 g/mol. The van der Waals surface area contributed by atoms with Crippen molar-refractivity contribution in [3.63, 3.8) is 0 Å². The van der Waals surface area contributed by atoms with E-state index in [4.69, 9.17) is 5.73 Å². The Morgan fingerprint density at radius 3 is 2.83 bits per heavy atom. The third kappa shape index (κ3) is 6.12. The standard InChI is InChI=1S/C8H18N2O2/c1-3-7(9)4-5-10-8(11)6-12-2/h7H,3-6,9H2,1-2H3,(H,10,11). The Morgan fingerprint density at radius 2 is 2.33 bits per heavy atom. The van der Waals surface area contributed by atoms with Crippen LogP contribution in [0.5, 0.6) is 0 Å². The zero-order valence-corrected chi connectivity index (χ0v) is 7.80. The number of hydrogen-bond acceptors (Lipinski definition) is 3. The number of nitrogens with one attached hydrogen (secondary N) is 1. The Hall–Kier alpha value is -0.610. The van der Waals surface area contributed by atoms with Crippen molar-refractivity contribution in [2.45, 2.75) is 25.8 Å². The zero-order chi connectivity index (χ0) is 9.40. The molecule has 0 spiro atoms. The minimum Gasteiger partial charge on any atom is -0.375 e. The van der Waals surface area contributed by atoms with Crippen LogP contribution in [0.3, 0.4) is 0 Å². The lowest BCUT2D eigenvalue weighted by Gasteiger charge is -2.08. The van der Waals surface area contributed by atoms with Crippen LogP contribution in [-0.2, 0) is 9.53 Å². The van der Waals surface area contributed by atoms with Gasteiger partial charge in [-0.25, -0.2) is 0 Å². The number of rotatable bonds is 6. The van der Waals surface area contributed by atoms with Crippen LogP contribution in [-0.4, -0.2) is 32.2 Å². The van der Waals surface area contributed by atoms with Gasteiger partial charge in [-0.05, 0) is 12.8 Å². The molecule has 1 atom stereocenters. The smallest absolute Gasteiger partial charge is 0.245 e. The molecule has 0 bridgehead atoms. The zero-order valence-electron chi connectivity index (χ0n) is 7.80. The van der Waals surface area contributed by atoms with Crippen molar-refractivity contribution in [1.29, 1.82) is 0 Å². The minimum atomic E-state index is -0.0826. The largest absolute Gasteiger partial charge is 0.375 e. The number of carbonyl (C=O) groups excluding carboxylic acids is 1. The van der Waals surface area contributed by atoms with E-state index >= 15 is 0 Å². The summed E-state index contributed by atoms with van der Waals surface area (Å²) in [6.07, 6.45) is 1.77. The van der Waals surface area contributed by atoms with Crippen LogP contribution >= 0.6 is 0 Å². The van der Waals surface area contributed by atoms with Crippen LogP contribution in [0.2, 0.25) is 0 Å². The highest BCUT2D eigenvalue weighted by Gasteiger charge is 2.01. The first-order chi connectivity index (χ1) is 5.70. The van der Waals surface area contributed by atoms with Crippen LogP contribution in [0.4, 0.5) is 0 Å². The van der Waals surface area contributed by atoms with Crippen LogP contribution in [0.15, 0.2) is 0 Å². The molecule has 0 fully saturated rings. The fourth-order valence-electron chi connectivity index (χ4n) is 0.783. The molecular weight excluding hydrogens is 156 g/mol. The Balaban J connectivity index is 3.24. The number of nitrogens with two attached hydrogens (primary N) is 1. The minimum absolute atomic E-state index is 0.0826. The molecule has 0 aromatic heterocycles. The first-order valence-electron chi connectivity index (χ1n) is 4.22. The van der Waals surface area contributed by atoms with Crippen molar-refractivity contribution in [2.75, 3.05) is 20.3 Å². The molecule has 0 aromatic rings. The molecule has 4 nitrogen and oxygen atoms in total. The second-order valence-electron chi connectivity index (χ2n) is 2.74. The maximum atomic E-state index is 10.8. The quantitative estimate of drug-likeness (QED) is 0.590. The molecule has 72 valence electrons. The molecule has 0 saturated carbocycles. The van der Waals surface area contributed by atoms with Crippen LogP contribution in [0.25, 0.3) is 0 Å². The van der Waals surface area contributed by atoms with Crippen molar-refractivity contribution >= 4 is 5.91 Å². The highest BCUT2D eigenvalue weighted by Crippen LogP contribution is 1.90. The molecule has 12 heavy (non-hydrogen) atoms. The lowest BCUT2D eigenvalue weighted by molar-refractivity contribution is -0.124. The molecule has 1 amide bonds. The molecule has 0 heterocycles. The first-order valence-corrected chi connectivity index (χ1v) is 4.22. The van der Waals surface area contributed by atoms with Gasteiger partial charge in [0.2, 0.25) is 5.91 Å². The van der Waals surface area contributed by atoms with Gasteiger partial charge in [-0.3, -0.25) is 4.79 Å². The van der Waals surface area contributed by atoms with E-state index < -0.39 is 0 Å². The predicted molar refractivity (Wildman–Crippen MR) is 47.8 cm³/mol. The summed E-state index contributed by atoms with van der Waals surface area (Å²) < 4.78 is 4.64. The Labute approximate surface area is 73.5 Å². The van der Waals surface area contributed by atoms with Gasteiger partial charge in [0.1, 0.15) is 6.61 Å². The van der Waals surface area contributed by atoms with Crippen molar-refractivity contribution in [3.05, 3.63) is 0 Å². The molecule has 0 rings (SSSR count). The maximum Gasteiger partial charge on any atom is 0.245 e. The average molecular weight is 174 g/mol. The van der Waals surface area contributed by atoms with E-state index in [1.54, 1.807) is 0 Å². The molecule has 0 saturated heterocycles. The summed E-state index contributed by atoms with van der Waals surface area (Å²) in [6.45, 7) is 2.79. The second kappa shape index (κ2) is 7.06. The van der Waals surface area contributed by atoms with Gasteiger partial charge in [0.05, 0.1) is 0 Å². The number of methoxy groups -OCH3 is 1. The van der Waals surface area contributed by atoms with Gasteiger partial charge in [-0.15, -0.1) is 0 Å². The van der Waals surface area contributed by atoms with Crippen molar-refractivity contribution in [2.24, 2.45) is 5.73 Å². The van der Waals surface area contributed by atoms with Gasteiger partial charge in [-0.2, -0.15) is 0 Å². The summed E-state index contributed by atoms with van der Waals surface area (Å²) in [4.78, 5) is 10.8. The Morgan fingerprint density at radius 1 is 1.67 bits per heavy atom. The number of ether oxygens (including phenoxy) is 1. The van der Waals surface area contributed by atoms with Crippen LogP contribution < -0.4 is 11.1 Å². The van der Waals surface area contributed by atoms with E-state index in [9.17, 15) is 4.79 Å². The molecule has 0 aliphatic rings. The highest BCUT2D eigenvalue weighted by atomic mass is 16.5. The Bertz CT molecular complexity index is 128. The van der Waals surface area contributed by atoms with Crippen molar-refractivity contribution in [3.8, 4) is 0 Å². The first kappa shape index (κ1) is 11.4. The van der Waals surface area contributed by atoms with E-state index in [-0.39, 0.29) is 18.6 Å². The molecule has 0 radical (unpaired) electrons. The van der Waals surface area contributed by atoms with E-state index in [2.05, 4.69) is 10.1 Å². The third-order valence-corrected chi connectivity index (χ3v) is 1.64. The van der Waals surface area contributed by atoms with Gasteiger partial charge in [0.15, 0.2) is 0 Å². The molecule has 0 aliphatic carbocycles. The van der Waals surface area contributed by atoms with Gasteiger partial charge in [0, 0.05) is 19.7 Å². The summed E-state index contributed by atoms with van der Waals surface area (Å²) in [6, 6.07) is 0.188. The van der Waals surface area contributed by atoms with Gasteiger partial charge < -0.3 is 15.8 Å². The van der Waals surface area contributed by atoms with E-state index in [0.29, 0.717) is 6.54 Å². The predicted octanol–water partition coefficient (Wildman–Crippen LogP) is -0.124. The lowest BCUT2D eigenvalue weighted by atomic mass is 10.2. The lowest BCUT2D eigenvalue weighted by Crippen LogP contribution is -2.32. The topological polar surface area (TPSA) is 64.3 Å². The second-order valence-corrected chi connectivity index (χ2v) is 2.74. The third-order valence-electron chi connectivity index (χ3n) is 1.64. The van der Waals surface area contributed by atoms with Gasteiger partial charge in [-0.1, -0.05) is 6.92 Å². The summed E-state index contributed by atoms with van der Waals surface area (Å²) in [5.74, 6) is -0.0826. The number of amides is 1. The highest BCUT2D eigenvalue weighted by molar-refractivity contribution is 5.77. The average Bonchev–Trinajstić information content (AvgIpc) is 2.04. The molecule has 3 N–H and O–H groups in total. The maximum absolute atomic E-state index is 10.8. The Kier molecular flexibility index (Phi) is 6.70. The van der Waals surface area contributed by atoms with Gasteiger partial charge >= 0.3 is 0 Å². The number of hydrogen-bond donors (Lipinski definition) is 2. The summed E-state index contributed by atoms with van der Waals surface area (Å²) in [5.41, 5.74) is 5.65. The molecular formula is C8H18N2O2. The van der Waals surface area contributed by atoms with E-state index in [1.807, 2.05) is 6.92 Å². The number of carbonyl (C=O) groups is 1. The van der Waals surface area contributed by atoms with Crippen molar-refractivity contribution < 1.29 is 9.53 Å².